The lowest BCUT2D eigenvalue weighted by atomic mass is 10.1. The summed E-state index contributed by atoms with van der Waals surface area (Å²) in [6.07, 6.45) is 3.22. The molecule has 0 aromatic heterocycles. The first-order valence-electron chi connectivity index (χ1n) is 4.07. The molecule has 3 nitrogen and oxygen atoms in total. The van der Waals surface area contributed by atoms with Crippen molar-refractivity contribution in [1.29, 1.82) is 0 Å². The van der Waals surface area contributed by atoms with Crippen LogP contribution in [0.15, 0.2) is 28.4 Å². The Kier molecular flexibility index (Phi) is 4.74. The highest BCUT2D eigenvalue weighted by Gasteiger charge is 2.01. The van der Waals surface area contributed by atoms with Gasteiger partial charge in [0, 0.05) is 0 Å². The highest BCUT2D eigenvalue weighted by atomic mass is 16.4. The fourth-order valence-electron chi connectivity index (χ4n) is 0.594. The van der Waals surface area contributed by atoms with Gasteiger partial charge in [-0.3, -0.25) is 4.99 Å². The van der Waals surface area contributed by atoms with Crippen molar-refractivity contribution in [1.82, 2.24) is 0 Å². The number of aliphatic carboxylic acids is 1. The average molecular weight is 181 g/mol. The van der Waals surface area contributed by atoms with E-state index in [4.69, 9.17) is 5.11 Å². The van der Waals surface area contributed by atoms with Crippen LogP contribution in [0.2, 0.25) is 0 Å². The molecule has 0 heterocycles. The van der Waals surface area contributed by atoms with E-state index in [2.05, 4.69) is 11.7 Å². The van der Waals surface area contributed by atoms with E-state index in [0.29, 0.717) is 5.92 Å². The standard InChI is InChI=1S/C10H15NO2/c1-7(2)8(3)5-6-9(11-4)10(12)13/h5-7H,4H2,1-3H3,(H,12,13)/b8-5+,9-6-. The number of carboxylic acid groups (broad SMARTS) is 1. The topological polar surface area (TPSA) is 49.7 Å². The zero-order valence-electron chi connectivity index (χ0n) is 8.24. The van der Waals surface area contributed by atoms with Crippen LogP contribution in [-0.4, -0.2) is 17.8 Å². The number of carbonyl (C=O) groups is 1. The third-order valence-corrected chi connectivity index (χ3v) is 1.80. The number of rotatable bonds is 4. The molecule has 0 aromatic carbocycles. The lowest BCUT2D eigenvalue weighted by Gasteiger charge is -2.02. The predicted molar refractivity (Wildman–Crippen MR) is 53.9 cm³/mol. The molecule has 13 heavy (non-hydrogen) atoms. The van der Waals surface area contributed by atoms with E-state index in [0.717, 1.165) is 5.57 Å². The van der Waals surface area contributed by atoms with E-state index in [-0.39, 0.29) is 5.70 Å². The van der Waals surface area contributed by atoms with Crippen molar-refractivity contribution in [3.05, 3.63) is 23.4 Å². The van der Waals surface area contributed by atoms with Crippen molar-refractivity contribution in [2.24, 2.45) is 10.9 Å². The van der Waals surface area contributed by atoms with Crippen LogP contribution < -0.4 is 0 Å². The maximum atomic E-state index is 10.5. The molecule has 0 rings (SSSR count). The van der Waals surface area contributed by atoms with Crippen molar-refractivity contribution in [3.63, 3.8) is 0 Å². The molecule has 0 fully saturated rings. The van der Waals surface area contributed by atoms with Crippen LogP contribution >= 0.6 is 0 Å². The van der Waals surface area contributed by atoms with Crippen LogP contribution in [0.3, 0.4) is 0 Å². The summed E-state index contributed by atoms with van der Waals surface area (Å²) in [7, 11) is 0. The Bertz CT molecular complexity index is 262. The molecule has 0 aliphatic rings. The molecule has 0 aliphatic heterocycles. The molecule has 0 saturated carbocycles. The summed E-state index contributed by atoms with van der Waals surface area (Å²) >= 11 is 0. The van der Waals surface area contributed by atoms with E-state index in [1.54, 1.807) is 6.08 Å². The van der Waals surface area contributed by atoms with Crippen molar-refractivity contribution in [2.45, 2.75) is 20.8 Å². The van der Waals surface area contributed by atoms with Crippen LogP contribution in [0.1, 0.15) is 20.8 Å². The van der Waals surface area contributed by atoms with Crippen molar-refractivity contribution < 1.29 is 9.90 Å². The monoisotopic (exact) mass is 181 g/mol. The predicted octanol–water partition coefficient (Wildman–Crippen LogP) is 2.26. The smallest absolute Gasteiger partial charge is 0.354 e. The number of hydrogen-bond acceptors (Lipinski definition) is 2. The minimum absolute atomic E-state index is 0.0278. The molecular weight excluding hydrogens is 166 g/mol. The Hall–Kier alpha value is -1.38. The second-order valence-electron chi connectivity index (χ2n) is 3.08. The third kappa shape index (κ3) is 4.25. The molecule has 0 amide bonds. The van der Waals surface area contributed by atoms with Gasteiger partial charge in [0.15, 0.2) is 0 Å². The molecule has 0 atom stereocenters. The third-order valence-electron chi connectivity index (χ3n) is 1.80. The second kappa shape index (κ2) is 5.30. The maximum Gasteiger partial charge on any atom is 0.354 e. The minimum atomic E-state index is -1.05. The largest absolute Gasteiger partial charge is 0.477 e. The maximum absolute atomic E-state index is 10.5. The lowest BCUT2D eigenvalue weighted by Crippen LogP contribution is -1.97. The summed E-state index contributed by atoms with van der Waals surface area (Å²) in [5.41, 5.74) is 1.09. The molecular formula is C10H15NO2. The summed E-state index contributed by atoms with van der Waals surface area (Å²) in [6, 6.07) is 0. The SMILES string of the molecule is C=N/C(=C\C=C(/C)C(C)C)C(=O)O. The van der Waals surface area contributed by atoms with Crippen molar-refractivity contribution >= 4 is 12.7 Å². The number of aliphatic imine (C=N–C) groups is 1. The molecule has 0 spiro atoms. The molecule has 0 bridgehead atoms. The molecule has 0 saturated heterocycles. The molecule has 3 heteroatoms. The van der Waals surface area contributed by atoms with Gasteiger partial charge in [0.1, 0.15) is 5.70 Å². The van der Waals surface area contributed by atoms with Crippen LogP contribution in [-0.2, 0) is 4.79 Å². The van der Waals surface area contributed by atoms with Gasteiger partial charge in [-0.15, -0.1) is 0 Å². The summed E-state index contributed by atoms with van der Waals surface area (Å²) in [4.78, 5) is 13.9. The fraction of sp³-hybridized carbons (Fsp3) is 0.400. The summed E-state index contributed by atoms with van der Waals surface area (Å²) < 4.78 is 0. The Morgan fingerprint density at radius 2 is 2.00 bits per heavy atom. The summed E-state index contributed by atoms with van der Waals surface area (Å²) in [5, 5.41) is 8.59. The van der Waals surface area contributed by atoms with Gasteiger partial charge in [0.05, 0.1) is 0 Å². The molecule has 0 aliphatic carbocycles. The number of hydrogen-bond donors (Lipinski definition) is 1. The first-order valence-corrected chi connectivity index (χ1v) is 4.07. The van der Waals surface area contributed by atoms with Gasteiger partial charge < -0.3 is 5.11 Å². The van der Waals surface area contributed by atoms with Crippen LogP contribution in [0.25, 0.3) is 0 Å². The quantitative estimate of drug-likeness (QED) is 0.411. The van der Waals surface area contributed by atoms with E-state index < -0.39 is 5.97 Å². The van der Waals surface area contributed by atoms with E-state index >= 15 is 0 Å². The number of nitrogens with zero attached hydrogens (tertiary/aromatic N) is 1. The molecule has 0 aromatic rings. The number of allylic oxidation sites excluding steroid dienone is 3. The van der Waals surface area contributed by atoms with Gasteiger partial charge in [-0.25, -0.2) is 4.79 Å². The van der Waals surface area contributed by atoms with Crippen LogP contribution in [0.5, 0.6) is 0 Å². The van der Waals surface area contributed by atoms with Crippen molar-refractivity contribution in [3.8, 4) is 0 Å². The summed E-state index contributed by atoms with van der Waals surface area (Å²) in [6.45, 7) is 9.21. The zero-order valence-corrected chi connectivity index (χ0v) is 8.24. The minimum Gasteiger partial charge on any atom is -0.477 e. The van der Waals surface area contributed by atoms with Crippen molar-refractivity contribution in [2.75, 3.05) is 0 Å². The van der Waals surface area contributed by atoms with Gasteiger partial charge in [-0.1, -0.05) is 25.5 Å². The van der Waals surface area contributed by atoms with E-state index in [9.17, 15) is 4.79 Å². The average Bonchev–Trinajstić information content (AvgIpc) is 2.04. The van der Waals surface area contributed by atoms with Crippen LogP contribution in [0, 0.1) is 5.92 Å². The van der Waals surface area contributed by atoms with Gasteiger partial charge in [0.2, 0.25) is 0 Å². The molecule has 0 radical (unpaired) electrons. The fourth-order valence-corrected chi connectivity index (χ4v) is 0.594. The van der Waals surface area contributed by atoms with E-state index in [1.165, 1.54) is 6.08 Å². The zero-order chi connectivity index (χ0) is 10.4. The van der Waals surface area contributed by atoms with Gasteiger partial charge >= 0.3 is 5.97 Å². The molecule has 1 N–H and O–H groups in total. The first kappa shape index (κ1) is 11.6. The van der Waals surface area contributed by atoms with E-state index in [1.807, 2.05) is 20.8 Å². The number of carboxylic acids is 1. The Labute approximate surface area is 78.5 Å². The highest BCUT2D eigenvalue weighted by Crippen LogP contribution is 2.08. The summed E-state index contributed by atoms with van der Waals surface area (Å²) in [5.74, 6) is -0.640. The normalized spacial score (nSPS) is 13.2. The highest BCUT2D eigenvalue weighted by molar-refractivity contribution is 5.87. The second-order valence-corrected chi connectivity index (χ2v) is 3.08. The van der Waals surface area contributed by atoms with Crippen LogP contribution in [0.4, 0.5) is 0 Å². The van der Waals surface area contributed by atoms with Gasteiger partial charge in [-0.2, -0.15) is 0 Å². The lowest BCUT2D eigenvalue weighted by molar-refractivity contribution is -0.132. The Morgan fingerprint density at radius 1 is 1.46 bits per heavy atom. The molecule has 0 unspecified atom stereocenters. The Balaban J connectivity index is 4.64. The Morgan fingerprint density at radius 3 is 2.31 bits per heavy atom. The molecule has 72 valence electrons. The first-order chi connectivity index (χ1) is 5.99. The van der Waals surface area contributed by atoms with Gasteiger partial charge in [-0.05, 0) is 25.6 Å². The van der Waals surface area contributed by atoms with Gasteiger partial charge in [0.25, 0.3) is 0 Å².